The van der Waals surface area contributed by atoms with E-state index in [0.717, 1.165) is 39.3 Å². The summed E-state index contributed by atoms with van der Waals surface area (Å²) in [5, 5.41) is 0. The largest absolute Gasteiger partial charge is 0.383 e. The Morgan fingerprint density at radius 2 is 2.05 bits per heavy atom. The second-order valence-electron chi connectivity index (χ2n) is 5.45. The van der Waals surface area contributed by atoms with E-state index in [4.69, 9.17) is 4.74 Å². The van der Waals surface area contributed by atoms with E-state index in [1.165, 1.54) is 5.56 Å². The molecule has 1 fully saturated rings. The summed E-state index contributed by atoms with van der Waals surface area (Å²) in [6.07, 6.45) is 4.48. The van der Waals surface area contributed by atoms with Crippen molar-refractivity contribution in [2.75, 3.05) is 46.4 Å². The van der Waals surface area contributed by atoms with Crippen molar-refractivity contribution in [3.63, 3.8) is 0 Å². The van der Waals surface area contributed by atoms with Crippen LogP contribution in [0.4, 0.5) is 0 Å². The SMILES string of the molecule is COCCN1CCN(C/C=C/c2ccccc2)C[C@@H]1C. The van der Waals surface area contributed by atoms with E-state index in [2.05, 4.69) is 59.2 Å². The predicted molar refractivity (Wildman–Crippen MR) is 84.8 cm³/mol. The fourth-order valence-corrected chi connectivity index (χ4v) is 2.68. The average molecular weight is 274 g/mol. The molecule has 0 unspecified atom stereocenters. The minimum Gasteiger partial charge on any atom is -0.383 e. The zero-order valence-corrected chi connectivity index (χ0v) is 12.7. The maximum absolute atomic E-state index is 5.17. The molecule has 1 saturated heterocycles. The van der Waals surface area contributed by atoms with Crippen molar-refractivity contribution in [2.24, 2.45) is 0 Å². The molecule has 0 aliphatic carbocycles. The van der Waals surface area contributed by atoms with Crippen LogP contribution in [0.15, 0.2) is 36.4 Å². The third-order valence-corrected chi connectivity index (χ3v) is 3.91. The van der Waals surface area contributed by atoms with Gasteiger partial charge in [-0.05, 0) is 12.5 Å². The molecule has 1 aromatic rings. The number of hydrogen-bond acceptors (Lipinski definition) is 3. The highest BCUT2D eigenvalue weighted by Gasteiger charge is 2.22. The van der Waals surface area contributed by atoms with Gasteiger partial charge in [-0.1, -0.05) is 42.5 Å². The van der Waals surface area contributed by atoms with E-state index < -0.39 is 0 Å². The van der Waals surface area contributed by atoms with Gasteiger partial charge in [0.1, 0.15) is 0 Å². The molecular formula is C17H26N2O. The lowest BCUT2D eigenvalue weighted by Gasteiger charge is -2.39. The van der Waals surface area contributed by atoms with Crippen molar-refractivity contribution in [2.45, 2.75) is 13.0 Å². The van der Waals surface area contributed by atoms with Gasteiger partial charge in [0.25, 0.3) is 0 Å². The molecule has 1 heterocycles. The van der Waals surface area contributed by atoms with Crippen molar-refractivity contribution in [3.8, 4) is 0 Å². The van der Waals surface area contributed by atoms with E-state index >= 15 is 0 Å². The van der Waals surface area contributed by atoms with Crippen molar-refractivity contribution in [1.82, 2.24) is 9.80 Å². The predicted octanol–water partition coefficient (Wildman–Crippen LogP) is 2.35. The Hall–Kier alpha value is -1.16. The topological polar surface area (TPSA) is 15.7 Å². The highest BCUT2D eigenvalue weighted by molar-refractivity contribution is 5.48. The van der Waals surface area contributed by atoms with Crippen molar-refractivity contribution in [1.29, 1.82) is 0 Å². The summed E-state index contributed by atoms with van der Waals surface area (Å²) in [6.45, 7) is 8.66. The Morgan fingerprint density at radius 1 is 1.25 bits per heavy atom. The summed E-state index contributed by atoms with van der Waals surface area (Å²) in [5.74, 6) is 0. The van der Waals surface area contributed by atoms with Crippen LogP contribution in [0.2, 0.25) is 0 Å². The number of rotatable bonds is 6. The fraction of sp³-hybridized carbons (Fsp3) is 0.529. The number of hydrogen-bond donors (Lipinski definition) is 0. The third-order valence-electron chi connectivity index (χ3n) is 3.91. The maximum atomic E-state index is 5.17. The van der Waals surface area contributed by atoms with Gasteiger partial charge in [-0.25, -0.2) is 0 Å². The highest BCUT2D eigenvalue weighted by Crippen LogP contribution is 2.09. The smallest absolute Gasteiger partial charge is 0.0589 e. The summed E-state index contributed by atoms with van der Waals surface area (Å²) < 4.78 is 5.17. The number of ether oxygens (including phenoxy) is 1. The molecule has 0 spiro atoms. The zero-order chi connectivity index (χ0) is 14.2. The summed E-state index contributed by atoms with van der Waals surface area (Å²) >= 11 is 0. The Labute approximate surface area is 122 Å². The van der Waals surface area contributed by atoms with E-state index in [9.17, 15) is 0 Å². The molecule has 0 bridgehead atoms. The first-order valence-electron chi connectivity index (χ1n) is 7.46. The highest BCUT2D eigenvalue weighted by atomic mass is 16.5. The Bertz CT molecular complexity index is 405. The van der Waals surface area contributed by atoms with E-state index in [1.54, 1.807) is 7.11 Å². The first-order valence-corrected chi connectivity index (χ1v) is 7.46. The van der Waals surface area contributed by atoms with Crippen LogP contribution in [0, 0.1) is 0 Å². The first-order chi connectivity index (χ1) is 9.79. The van der Waals surface area contributed by atoms with Crippen LogP contribution in [0.25, 0.3) is 6.08 Å². The first kappa shape index (κ1) is 15.2. The van der Waals surface area contributed by atoms with Crippen LogP contribution >= 0.6 is 0 Å². The van der Waals surface area contributed by atoms with Crippen LogP contribution in [0.3, 0.4) is 0 Å². The molecule has 0 N–H and O–H groups in total. The van der Waals surface area contributed by atoms with Gasteiger partial charge in [-0.3, -0.25) is 9.80 Å². The lowest BCUT2D eigenvalue weighted by molar-refractivity contribution is 0.0642. The van der Waals surface area contributed by atoms with Crippen molar-refractivity contribution in [3.05, 3.63) is 42.0 Å². The lowest BCUT2D eigenvalue weighted by Crippen LogP contribution is -2.52. The molecular weight excluding hydrogens is 248 g/mol. The van der Waals surface area contributed by atoms with Crippen LogP contribution < -0.4 is 0 Å². The molecule has 1 aliphatic heterocycles. The minimum absolute atomic E-state index is 0.615. The second kappa shape index (κ2) is 8.20. The number of nitrogens with zero attached hydrogens (tertiary/aromatic N) is 2. The molecule has 0 radical (unpaired) electrons. The molecule has 2 rings (SSSR count). The summed E-state index contributed by atoms with van der Waals surface area (Å²) in [5.41, 5.74) is 1.28. The molecule has 1 aliphatic rings. The van der Waals surface area contributed by atoms with Gasteiger partial charge in [0.15, 0.2) is 0 Å². The maximum Gasteiger partial charge on any atom is 0.0589 e. The van der Waals surface area contributed by atoms with Gasteiger partial charge in [-0.15, -0.1) is 0 Å². The number of benzene rings is 1. The fourth-order valence-electron chi connectivity index (χ4n) is 2.68. The van der Waals surface area contributed by atoms with E-state index in [-0.39, 0.29) is 0 Å². The lowest BCUT2D eigenvalue weighted by atomic mass is 10.2. The normalized spacial score (nSPS) is 21.6. The second-order valence-corrected chi connectivity index (χ2v) is 5.45. The van der Waals surface area contributed by atoms with Gasteiger partial charge >= 0.3 is 0 Å². The Morgan fingerprint density at radius 3 is 2.75 bits per heavy atom. The Kier molecular flexibility index (Phi) is 6.25. The Balaban J connectivity index is 1.74. The molecule has 3 heteroatoms. The van der Waals surface area contributed by atoms with Crippen molar-refractivity contribution >= 4 is 6.08 Å². The van der Waals surface area contributed by atoms with Crippen LogP contribution in [0.5, 0.6) is 0 Å². The zero-order valence-electron chi connectivity index (χ0n) is 12.7. The van der Waals surface area contributed by atoms with Crippen molar-refractivity contribution < 1.29 is 4.74 Å². The van der Waals surface area contributed by atoms with Gasteiger partial charge < -0.3 is 4.74 Å². The van der Waals surface area contributed by atoms with Gasteiger partial charge in [0, 0.05) is 45.9 Å². The summed E-state index contributed by atoms with van der Waals surface area (Å²) in [7, 11) is 1.77. The number of methoxy groups -OCH3 is 1. The quantitative estimate of drug-likeness (QED) is 0.792. The van der Waals surface area contributed by atoms with Crippen LogP contribution in [0.1, 0.15) is 12.5 Å². The molecule has 0 aromatic heterocycles. The summed E-state index contributed by atoms with van der Waals surface area (Å²) in [6, 6.07) is 11.1. The monoisotopic (exact) mass is 274 g/mol. The molecule has 110 valence electrons. The molecule has 20 heavy (non-hydrogen) atoms. The van der Waals surface area contributed by atoms with Gasteiger partial charge in [0.2, 0.25) is 0 Å². The van der Waals surface area contributed by atoms with E-state index in [0.29, 0.717) is 6.04 Å². The third kappa shape index (κ3) is 4.75. The minimum atomic E-state index is 0.615. The average Bonchev–Trinajstić information content (AvgIpc) is 2.47. The summed E-state index contributed by atoms with van der Waals surface area (Å²) in [4.78, 5) is 5.04. The van der Waals surface area contributed by atoms with Gasteiger partial charge in [-0.2, -0.15) is 0 Å². The van der Waals surface area contributed by atoms with Crippen LogP contribution in [-0.2, 0) is 4.74 Å². The standard InChI is InChI=1S/C17H26N2O/c1-16-15-18(11-12-19(16)13-14-20-2)10-6-9-17-7-4-3-5-8-17/h3-9,16H,10-15H2,1-2H3/b9-6+/t16-/m0/s1. The number of piperazine rings is 1. The molecule has 0 saturated carbocycles. The van der Waals surface area contributed by atoms with Gasteiger partial charge in [0.05, 0.1) is 6.61 Å². The van der Waals surface area contributed by atoms with Crippen LogP contribution in [-0.4, -0.2) is 62.3 Å². The molecule has 0 amide bonds. The molecule has 3 nitrogen and oxygen atoms in total. The molecule has 1 aromatic carbocycles. The van der Waals surface area contributed by atoms with E-state index in [1.807, 2.05) is 0 Å². The molecule has 1 atom stereocenters.